The van der Waals surface area contributed by atoms with E-state index < -0.39 is 5.91 Å². The van der Waals surface area contributed by atoms with Gasteiger partial charge in [0, 0.05) is 12.1 Å². The van der Waals surface area contributed by atoms with E-state index in [1.165, 1.54) is 0 Å². The Morgan fingerprint density at radius 2 is 1.96 bits per heavy atom. The fourth-order valence-corrected chi connectivity index (χ4v) is 2.76. The monoisotopic (exact) mass is 340 g/mol. The summed E-state index contributed by atoms with van der Waals surface area (Å²) < 4.78 is 11.1. The van der Waals surface area contributed by atoms with Gasteiger partial charge in [-0.25, -0.2) is 0 Å². The molecule has 0 bridgehead atoms. The number of benzene rings is 2. The lowest BCUT2D eigenvalue weighted by Gasteiger charge is -2.33. The Hall–Kier alpha value is -2.86. The van der Waals surface area contributed by atoms with Crippen molar-refractivity contribution in [1.29, 1.82) is 0 Å². The molecule has 6 heteroatoms. The smallest absolute Gasteiger partial charge is 0.255 e. The van der Waals surface area contributed by atoms with Crippen LogP contribution in [0.15, 0.2) is 54.6 Å². The average molecular weight is 340 g/mol. The van der Waals surface area contributed by atoms with Crippen LogP contribution in [0.5, 0.6) is 5.75 Å². The van der Waals surface area contributed by atoms with E-state index in [2.05, 4.69) is 0 Å². The van der Waals surface area contributed by atoms with Gasteiger partial charge in [0.15, 0.2) is 6.61 Å². The van der Waals surface area contributed by atoms with Gasteiger partial charge in [-0.1, -0.05) is 36.4 Å². The van der Waals surface area contributed by atoms with Crippen molar-refractivity contribution < 1.29 is 19.1 Å². The number of nitrogens with two attached hydrogens (primary N) is 1. The van der Waals surface area contributed by atoms with Crippen LogP contribution < -0.4 is 10.5 Å². The molecule has 1 atom stereocenters. The van der Waals surface area contributed by atoms with Crippen molar-refractivity contribution in [1.82, 2.24) is 4.90 Å². The Kier molecular flexibility index (Phi) is 5.30. The van der Waals surface area contributed by atoms with Crippen molar-refractivity contribution >= 4 is 11.8 Å². The van der Waals surface area contributed by atoms with Gasteiger partial charge in [-0.15, -0.1) is 0 Å². The fraction of sp³-hybridized carbons (Fsp3) is 0.263. The molecule has 0 aromatic heterocycles. The highest BCUT2D eigenvalue weighted by Gasteiger charge is 2.26. The first-order valence-electron chi connectivity index (χ1n) is 8.10. The van der Waals surface area contributed by atoms with Crippen LogP contribution in [0.3, 0.4) is 0 Å². The van der Waals surface area contributed by atoms with Crippen LogP contribution in [0.25, 0.3) is 0 Å². The summed E-state index contributed by atoms with van der Waals surface area (Å²) in [4.78, 5) is 25.4. The van der Waals surface area contributed by atoms with Gasteiger partial charge in [-0.05, 0) is 23.8 Å². The SMILES string of the molecule is NC(=O)COc1cccc(C(=O)N2CCOC(c3ccccc3)C2)c1. The van der Waals surface area contributed by atoms with Crippen LogP contribution in [-0.4, -0.2) is 43.0 Å². The lowest BCUT2D eigenvalue weighted by Crippen LogP contribution is -2.42. The molecular weight excluding hydrogens is 320 g/mol. The van der Waals surface area contributed by atoms with Gasteiger partial charge in [0.25, 0.3) is 11.8 Å². The summed E-state index contributed by atoms with van der Waals surface area (Å²) in [6.07, 6.45) is -0.131. The van der Waals surface area contributed by atoms with E-state index in [1.54, 1.807) is 29.2 Å². The molecule has 3 rings (SSSR count). The van der Waals surface area contributed by atoms with Crippen molar-refractivity contribution in [2.75, 3.05) is 26.3 Å². The second-order valence-electron chi connectivity index (χ2n) is 5.80. The molecule has 1 aliphatic heterocycles. The highest BCUT2D eigenvalue weighted by molar-refractivity contribution is 5.94. The number of amides is 2. The Balaban J connectivity index is 1.70. The van der Waals surface area contributed by atoms with Crippen LogP contribution in [0.1, 0.15) is 22.0 Å². The zero-order valence-electron chi connectivity index (χ0n) is 13.8. The molecule has 1 fully saturated rings. The summed E-state index contributed by atoms with van der Waals surface area (Å²) >= 11 is 0. The van der Waals surface area contributed by atoms with Crippen molar-refractivity contribution in [2.45, 2.75) is 6.10 Å². The molecular formula is C19H20N2O4. The molecule has 2 N–H and O–H groups in total. The van der Waals surface area contributed by atoms with Gasteiger partial charge >= 0.3 is 0 Å². The minimum atomic E-state index is -0.560. The molecule has 0 aliphatic carbocycles. The largest absolute Gasteiger partial charge is 0.484 e. The molecule has 1 aliphatic rings. The fourth-order valence-electron chi connectivity index (χ4n) is 2.76. The zero-order chi connectivity index (χ0) is 17.6. The molecule has 25 heavy (non-hydrogen) atoms. The standard InChI is InChI=1S/C19H20N2O4/c20-18(22)13-25-16-8-4-7-15(11-16)19(23)21-9-10-24-17(12-21)14-5-2-1-3-6-14/h1-8,11,17H,9-10,12-13H2,(H2,20,22). The number of carbonyl (C=O) groups excluding carboxylic acids is 2. The van der Waals surface area contributed by atoms with E-state index in [4.69, 9.17) is 15.2 Å². The van der Waals surface area contributed by atoms with Crippen LogP contribution in [0.4, 0.5) is 0 Å². The van der Waals surface area contributed by atoms with E-state index in [9.17, 15) is 9.59 Å². The van der Waals surface area contributed by atoms with E-state index >= 15 is 0 Å². The summed E-state index contributed by atoms with van der Waals surface area (Å²) in [6.45, 7) is 1.30. The summed E-state index contributed by atoms with van der Waals surface area (Å²) in [5.41, 5.74) is 6.64. The molecule has 2 aromatic rings. The molecule has 2 amide bonds. The summed E-state index contributed by atoms with van der Waals surface area (Å²) in [7, 11) is 0. The van der Waals surface area contributed by atoms with Crippen LogP contribution in [0.2, 0.25) is 0 Å². The molecule has 1 heterocycles. The lowest BCUT2D eigenvalue weighted by molar-refractivity contribution is -0.119. The van der Waals surface area contributed by atoms with Crippen molar-refractivity contribution in [3.8, 4) is 5.75 Å². The van der Waals surface area contributed by atoms with Gasteiger partial charge < -0.3 is 20.1 Å². The predicted octanol–water partition coefficient (Wildman–Crippen LogP) is 1.76. The molecule has 1 saturated heterocycles. The van der Waals surface area contributed by atoms with E-state index in [1.807, 2.05) is 30.3 Å². The Bertz CT molecular complexity index is 748. The Morgan fingerprint density at radius 1 is 1.16 bits per heavy atom. The quantitative estimate of drug-likeness (QED) is 0.899. The van der Waals surface area contributed by atoms with Crippen LogP contribution in [0, 0.1) is 0 Å². The molecule has 0 saturated carbocycles. The second kappa shape index (κ2) is 7.81. The maximum atomic E-state index is 12.8. The number of primary amides is 1. The number of ether oxygens (including phenoxy) is 2. The first kappa shape index (κ1) is 17.0. The third-order valence-corrected chi connectivity index (χ3v) is 3.99. The summed E-state index contributed by atoms with van der Waals surface area (Å²) in [5, 5.41) is 0. The minimum Gasteiger partial charge on any atom is -0.484 e. The second-order valence-corrected chi connectivity index (χ2v) is 5.80. The Morgan fingerprint density at radius 3 is 2.72 bits per heavy atom. The number of nitrogens with zero attached hydrogens (tertiary/aromatic N) is 1. The maximum absolute atomic E-state index is 12.8. The van der Waals surface area contributed by atoms with Gasteiger partial charge in [0.05, 0.1) is 13.2 Å². The molecule has 0 radical (unpaired) electrons. The van der Waals surface area contributed by atoms with Crippen molar-refractivity contribution in [3.05, 3.63) is 65.7 Å². The topological polar surface area (TPSA) is 81.9 Å². The maximum Gasteiger partial charge on any atom is 0.255 e. The van der Waals surface area contributed by atoms with Gasteiger partial charge in [0.2, 0.25) is 0 Å². The van der Waals surface area contributed by atoms with Crippen molar-refractivity contribution in [2.24, 2.45) is 5.73 Å². The highest BCUT2D eigenvalue weighted by atomic mass is 16.5. The zero-order valence-corrected chi connectivity index (χ0v) is 13.8. The molecule has 130 valence electrons. The summed E-state index contributed by atoms with van der Waals surface area (Å²) in [5.74, 6) is -0.207. The van der Waals surface area contributed by atoms with Crippen molar-refractivity contribution in [3.63, 3.8) is 0 Å². The number of hydrogen-bond donors (Lipinski definition) is 1. The minimum absolute atomic E-state index is 0.0891. The molecule has 1 unspecified atom stereocenters. The third kappa shape index (κ3) is 4.36. The first-order chi connectivity index (χ1) is 12.1. The summed E-state index contributed by atoms with van der Waals surface area (Å²) in [6, 6.07) is 16.6. The van der Waals surface area contributed by atoms with Gasteiger partial charge in [-0.2, -0.15) is 0 Å². The number of rotatable bonds is 5. The lowest BCUT2D eigenvalue weighted by atomic mass is 10.1. The Labute approximate surface area is 146 Å². The van der Waals surface area contributed by atoms with Gasteiger partial charge in [-0.3, -0.25) is 9.59 Å². The molecule has 6 nitrogen and oxygen atoms in total. The van der Waals surface area contributed by atoms with Crippen LogP contribution in [-0.2, 0) is 9.53 Å². The average Bonchev–Trinajstić information content (AvgIpc) is 2.67. The number of hydrogen-bond acceptors (Lipinski definition) is 4. The molecule has 0 spiro atoms. The highest BCUT2D eigenvalue weighted by Crippen LogP contribution is 2.24. The first-order valence-corrected chi connectivity index (χ1v) is 8.10. The normalized spacial score (nSPS) is 17.1. The van der Waals surface area contributed by atoms with Crippen LogP contribution >= 0.6 is 0 Å². The van der Waals surface area contributed by atoms with E-state index in [-0.39, 0.29) is 18.6 Å². The number of carbonyl (C=O) groups is 2. The van der Waals surface area contributed by atoms with E-state index in [0.29, 0.717) is 31.0 Å². The predicted molar refractivity (Wildman–Crippen MR) is 92.2 cm³/mol. The third-order valence-electron chi connectivity index (χ3n) is 3.99. The van der Waals surface area contributed by atoms with Gasteiger partial charge in [0.1, 0.15) is 11.9 Å². The number of morpholine rings is 1. The molecule has 2 aromatic carbocycles. The van der Waals surface area contributed by atoms with E-state index in [0.717, 1.165) is 5.56 Å².